The van der Waals surface area contributed by atoms with Crippen LogP contribution in [0.1, 0.15) is 29.0 Å². The van der Waals surface area contributed by atoms with Gasteiger partial charge in [0.05, 0.1) is 18.8 Å². The summed E-state index contributed by atoms with van der Waals surface area (Å²) in [6, 6.07) is 0. The summed E-state index contributed by atoms with van der Waals surface area (Å²) >= 11 is 2.49. The van der Waals surface area contributed by atoms with Gasteiger partial charge in [0.15, 0.2) is 0 Å². The molecule has 3 heterocycles. The minimum absolute atomic E-state index is 0.0331. The normalized spacial score (nSPS) is 18.1. The van der Waals surface area contributed by atoms with Crippen molar-refractivity contribution in [3.8, 4) is 10.6 Å². The Hall–Kier alpha value is -2.37. The Bertz CT molecular complexity index is 1040. The van der Waals surface area contributed by atoms with Crippen molar-refractivity contribution in [2.24, 2.45) is 0 Å². The molecule has 2 N–H and O–H groups in total. The Morgan fingerprint density at radius 1 is 1.37 bits per heavy atom. The number of fused-ring (bicyclic) bond motifs is 1. The molecule has 0 spiro atoms. The van der Waals surface area contributed by atoms with Crippen molar-refractivity contribution in [1.29, 1.82) is 0 Å². The van der Waals surface area contributed by atoms with Gasteiger partial charge in [-0.05, 0) is 18.9 Å². The summed E-state index contributed by atoms with van der Waals surface area (Å²) in [7, 11) is 0. The highest BCUT2D eigenvalue weighted by atomic mass is 32.1. The van der Waals surface area contributed by atoms with Crippen LogP contribution in [0.25, 0.3) is 10.6 Å². The number of nitrogens with one attached hydrogen (secondary N) is 1. The molecule has 1 aliphatic carbocycles. The molecule has 0 unspecified atom stereocenters. The predicted molar refractivity (Wildman–Crippen MR) is 107 cm³/mol. The number of carbonyl (C=O) groups excluding carboxylic acids is 1. The number of anilines is 1. The van der Waals surface area contributed by atoms with E-state index in [-0.39, 0.29) is 50.2 Å². The average molecular weight is 456 g/mol. The molecule has 0 radical (unpaired) electrons. The van der Waals surface area contributed by atoms with Gasteiger partial charge < -0.3 is 19.9 Å². The zero-order chi connectivity index (χ0) is 21.5. The average Bonchev–Trinajstić information content (AvgIpc) is 3.23. The molecule has 0 saturated heterocycles. The predicted octanol–water partition coefficient (Wildman–Crippen LogP) is 4.61. The lowest BCUT2D eigenvalue weighted by molar-refractivity contribution is -0.114. The number of thiophene rings is 1. The summed E-state index contributed by atoms with van der Waals surface area (Å²) in [5.74, 6) is -3.33. The fraction of sp³-hybridized carbons (Fsp3) is 0.421. The minimum Gasteiger partial charge on any atom is -0.449 e. The smallest absolute Gasteiger partial charge is 0.449 e. The van der Waals surface area contributed by atoms with Crippen molar-refractivity contribution in [2.75, 3.05) is 18.5 Å². The lowest BCUT2D eigenvalue weighted by Crippen LogP contribution is -2.25. The highest BCUT2D eigenvalue weighted by Gasteiger charge is 2.38. The van der Waals surface area contributed by atoms with Crippen molar-refractivity contribution in [3.05, 3.63) is 32.8 Å². The third-order valence-corrected chi connectivity index (χ3v) is 6.98. The van der Waals surface area contributed by atoms with E-state index in [0.29, 0.717) is 20.4 Å². The molecule has 7 nitrogen and oxygen atoms in total. The molecule has 2 aromatic heterocycles. The van der Waals surface area contributed by atoms with Crippen molar-refractivity contribution >= 4 is 39.7 Å². The van der Waals surface area contributed by atoms with Gasteiger partial charge >= 0.3 is 6.16 Å². The molecular weight excluding hydrogens is 438 g/mol. The van der Waals surface area contributed by atoms with Crippen LogP contribution >= 0.6 is 22.7 Å². The van der Waals surface area contributed by atoms with E-state index >= 15 is 0 Å². The number of carbonyl (C=O) groups is 2. The van der Waals surface area contributed by atoms with Gasteiger partial charge in [0.2, 0.25) is 0 Å². The first-order valence-electron chi connectivity index (χ1n) is 9.20. The lowest BCUT2D eigenvalue weighted by atomic mass is 9.93. The number of thiazole rings is 1. The summed E-state index contributed by atoms with van der Waals surface area (Å²) in [6.07, 6.45) is -1.79. The van der Waals surface area contributed by atoms with E-state index in [0.717, 1.165) is 22.6 Å². The second kappa shape index (κ2) is 8.05. The van der Waals surface area contributed by atoms with E-state index in [1.807, 2.05) is 12.3 Å². The van der Waals surface area contributed by atoms with Crippen LogP contribution in [0.4, 0.5) is 18.6 Å². The van der Waals surface area contributed by atoms with E-state index in [9.17, 15) is 18.4 Å². The molecule has 0 atom stereocenters. The standard InChI is InChI=1S/C19H18F2N2O5S2/c1-9-8-29-16(22-9)14-10-2-4-19(20,21)6-13(10)30-17(14)23-15(24)11-7-27-5-3-12(11)28-18(25)26/h8H,2-7H2,1H3,(H,23,24)(H,25,26). The highest BCUT2D eigenvalue weighted by molar-refractivity contribution is 7.18. The van der Waals surface area contributed by atoms with E-state index in [4.69, 9.17) is 14.6 Å². The first kappa shape index (κ1) is 20.9. The van der Waals surface area contributed by atoms with Crippen LogP contribution in [-0.2, 0) is 27.1 Å². The Balaban J connectivity index is 1.72. The molecule has 2 aliphatic rings. The van der Waals surface area contributed by atoms with Crippen LogP contribution in [0.2, 0.25) is 0 Å². The number of alkyl halides is 2. The van der Waals surface area contributed by atoms with Gasteiger partial charge in [-0.25, -0.2) is 18.6 Å². The number of aromatic nitrogens is 1. The van der Waals surface area contributed by atoms with Crippen molar-refractivity contribution in [1.82, 2.24) is 4.98 Å². The van der Waals surface area contributed by atoms with Crippen molar-refractivity contribution in [2.45, 2.75) is 38.5 Å². The van der Waals surface area contributed by atoms with Gasteiger partial charge in [-0.1, -0.05) is 0 Å². The summed E-state index contributed by atoms with van der Waals surface area (Å²) in [5, 5.41) is 14.6. The van der Waals surface area contributed by atoms with E-state index in [1.165, 1.54) is 11.3 Å². The second-order valence-corrected chi connectivity index (χ2v) is 9.02. The minimum atomic E-state index is -2.78. The van der Waals surface area contributed by atoms with Crippen LogP contribution in [0.3, 0.4) is 0 Å². The zero-order valence-electron chi connectivity index (χ0n) is 15.9. The largest absolute Gasteiger partial charge is 0.511 e. The maximum Gasteiger partial charge on any atom is 0.511 e. The van der Waals surface area contributed by atoms with Crippen LogP contribution in [0.15, 0.2) is 16.7 Å². The maximum absolute atomic E-state index is 14.0. The number of aryl methyl sites for hydroxylation is 1. The van der Waals surface area contributed by atoms with Crippen LogP contribution in [-0.4, -0.2) is 41.3 Å². The Labute approximate surface area is 178 Å². The maximum atomic E-state index is 14.0. The van der Waals surface area contributed by atoms with E-state index < -0.39 is 18.0 Å². The van der Waals surface area contributed by atoms with Crippen molar-refractivity contribution in [3.63, 3.8) is 0 Å². The SMILES string of the molecule is Cc1csc(-c2c(NC(=O)C3=C(OC(=O)O)CCOC3)sc3c2CCC(F)(F)C3)n1. The first-order valence-corrected chi connectivity index (χ1v) is 10.9. The number of hydrogen-bond acceptors (Lipinski definition) is 7. The number of hydrogen-bond donors (Lipinski definition) is 2. The number of halogens is 2. The Kier molecular flexibility index (Phi) is 5.60. The molecule has 160 valence electrons. The lowest BCUT2D eigenvalue weighted by Gasteiger charge is -2.21. The monoisotopic (exact) mass is 456 g/mol. The van der Waals surface area contributed by atoms with Crippen LogP contribution < -0.4 is 5.32 Å². The number of nitrogens with zero attached hydrogens (tertiary/aromatic N) is 1. The highest BCUT2D eigenvalue weighted by Crippen LogP contribution is 2.48. The van der Waals surface area contributed by atoms with Gasteiger partial charge in [0.1, 0.15) is 15.8 Å². The van der Waals surface area contributed by atoms with Gasteiger partial charge in [-0.2, -0.15) is 0 Å². The topological polar surface area (TPSA) is 97.8 Å². The van der Waals surface area contributed by atoms with E-state index in [2.05, 4.69) is 10.3 Å². The fourth-order valence-electron chi connectivity index (χ4n) is 3.49. The molecule has 1 amide bonds. The molecule has 0 aromatic carbocycles. The molecular formula is C19H18F2N2O5S2. The van der Waals surface area contributed by atoms with Gasteiger partial charge in [-0.15, -0.1) is 22.7 Å². The quantitative estimate of drug-likeness (QED) is 0.652. The molecule has 0 bridgehead atoms. The number of amides is 1. The zero-order valence-corrected chi connectivity index (χ0v) is 17.6. The molecule has 0 fully saturated rings. The van der Waals surface area contributed by atoms with Gasteiger partial charge in [0, 0.05) is 40.8 Å². The third kappa shape index (κ3) is 4.23. The first-order chi connectivity index (χ1) is 14.2. The number of rotatable bonds is 4. The third-order valence-electron chi connectivity index (χ3n) is 4.85. The van der Waals surface area contributed by atoms with Crippen LogP contribution in [0.5, 0.6) is 0 Å². The molecule has 4 rings (SSSR count). The summed E-state index contributed by atoms with van der Waals surface area (Å²) in [5.41, 5.74) is 2.32. The Morgan fingerprint density at radius 3 is 2.87 bits per heavy atom. The number of carboxylic acid groups (broad SMARTS) is 1. The summed E-state index contributed by atoms with van der Waals surface area (Å²) in [4.78, 5) is 28.8. The molecule has 30 heavy (non-hydrogen) atoms. The summed E-state index contributed by atoms with van der Waals surface area (Å²) < 4.78 is 38.0. The number of ether oxygens (including phenoxy) is 2. The molecule has 11 heteroatoms. The second-order valence-electron chi connectivity index (χ2n) is 7.06. The summed E-state index contributed by atoms with van der Waals surface area (Å²) in [6.45, 7) is 1.99. The van der Waals surface area contributed by atoms with E-state index in [1.54, 1.807) is 0 Å². The molecule has 1 aliphatic heterocycles. The van der Waals surface area contributed by atoms with Gasteiger partial charge in [-0.3, -0.25) is 4.79 Å². The van der Waals surface area contributed by atoms with Crippen LogP contribution in [0, 0.1) is 6.92 Å². The molecule has 2 aromatic rings. The fourth-order valence-corrected chi connectivity index (χ4v) is 5.75. The Morgan fingerprint density at radius 2 is 2.17 bits per heavy atom. The molecule has 0 saturated carbocycles. The van der Waals surface area contributed by atoms with Crippen molar-refractivity contribution < 1.29 is 33.0 Å². The van der Waals surface area contributed by atoms with Gasteiger partial charge in [0.25, 0.3) is 11.8 Å².